The molecule has 0 aliphatic rings. The van der Waals surface area contributed by atoms with Crippen LogP contribution in [0.5, 0.6) is 0 Å². The molecule has 0 aliphatic carbocycles. The van der Waals surface area contributed by atoms with Gasteiger partial charge in [-0.2, -0.15) is 0 Å². The number of nitrogens with zero attached hydrogens (tertiary/aromatic N) is 4. The van der Waals surface area contributed by atoms with Crippen molar-refractivity contribution in [3.63, 3.8) is 0 Å². The summed E-state index contributed by atoms with van der Waals surface area (Å²) in [6.07, 6.45) is -0.637. The molecule has 1 aromatic heterocycles. The minimum atomic E-state index is -0.637. The second kappa shape index (κ2) is 5.38. The van der Waals surface area contributed by atoms with E-state index in [4.69, 9.17) is 0 Å². The number of hydrogen-bond acceptors (Lipinski definition) is 4. The molecular weight excluding hydrogens is 308 g/mol. The fourth-order valence-electron chi connectivity index (χ4n) is 1.85. The number of aliphatic hydroxyl groups excluding tert-OH is 1. The van der Waals surface area contributed by atoms with Crippen molar-refractivity contribution in [2.24, 2.45) is 0 Å². The molecule has 0 spiro atoms. The molecule has 2 aromatic rings. The average Bonchev–Trinajstić information content (AvgIpc) is 2.77. The Morgan fingerprint density at radius 1 is 1.37 bits per heavy atom. The van der Waals surface area contributed by atoms with Crippen molar-refractivity contribution in [3.05, 3.63) is 40.1 Å². The molecule has 1 N–H and O–H groups in total. The van der Waals surface area contributed by atoms with Crippen LogP contribution in [0, 0.1) is 0 Å². The van der Waals surface area contributed by atoms with Gasteiger partial charge in [0.25, 0.3) is 0 Å². The maximum Gasteiger partial charge on any atom is 0.156 e. The van der Waals surface area contributed by atoms with Gasteiger partial charge in [-0.25, -0.2) is 4.68 Å². The molecule has 1 aromatic carbocycles. The lowest BCUT2D eigenvalue weighted by Gasteiger charge is -2.19. The molecule has 6 heteroatoms. The van der Waals surface area contributed by atoms with E-state index in [9.17, 15) is 5.11 Å². The van der Waals surface area contributed by atoms with E-state index in [-0.39, 0.29) is 5.41 Å². The molecule has 0 fully saturated rings. The van der Waals surface area contributed by atoms with Gasteiger partial charge >= 0.3 is 0 Å². The molecule has 19 heavy (non-hydrogen) atoms. The molecule has 0 saturated heterocycles. The number of aliphatic hydroxyl groups is 1. The molecule has 0 aliphatic heterocycles. The van der Waals surface area contributed by atoms with Crippen LogP contribution in [0.15, 0.2) is 28.7 Å². The van der Waals surface area contributed by atoms with Gasteiger partial charge in [0.05, 0.1) is 12.6 Å². The second-order valence-electron chi connectivity index (χ2n) is 5.51. The van der Waals surface area contributed by atoms with Gasteiger partial charge < -0.3 is 5.11 Å². The van der Waals surface area contributed by atoms with E-state index in [2.05, 4.69) is 31.5 Å². The highest BCUT2D eigenvalue weighted by atomic mass is 79.9. The number of benzene rings is 1. The second-order valence-corrected chi connectivity index (χ2v) is 6.42. The summed E-state index contributed by atoms with van der Waals surface area (Å²) in [6, 6.07) is 7.60. The average molecular weight is 325 g/mol. The smallest absolute Gasteiger partial charge is 0.156 e. The largest absolute Gasteiger partial charge is 0.386 e. The molecule has 2 rings (SSSR count). The highest BCUT2D eigenvalue weighted by Crippen LogP contribution is 2.23. The van der Waals surface area contributed by atoms with Gasteiger partial charge in [-0.1, -0.05) is 48.8 Å². The van der Waals surface area contributed by atoms with Crippen molar-refractivity contribution in [1.82, 2.24) is 20.2 Å². The first-order valence-corrected chi connectivity index (χ1v) is 6.87. The van der Waals surface area contributed by atoms with E-state index < -0.39 is 6.10 Å². The Morgan fingerprint density at radius 2 is 2.11 bits per heavy atom. The van der Waals surface area contributed by atoms with E-state index in [1.165, 1.54) is 0 Å². The van der Waals surface area contributed by atoms with Crippen LogP contribution in [-0.2, 0) is 12.0 Å². The number of rotatable bonds is 3. The molecule has 0 amide bonds. The minimum Gasteiger partial charge on any atom is -0.386 e. The van der Waals surface area contributed by atoms with Gasteiger partial charge in [0.2, 0.25) is 0 Å². The molecule has 1 unspecified atom stereocenters. The summed E-state index contributed by atoms with van der Waals surface area (Å²) in [5.74, 6) is 0.765. The Labute approximate surface area is 120 Å². The minimum absolute atomic E-state index is 0.152. The molecule has 1 atom stereocenters. The topological polar surface area (TPSA) is 63.8 Å². The predicted molar refractivity (Wildman–Crippen MR) is 75.6 cm³/mol. The van der Waals surface area contributed by atoms with Crippen molar-refractivity contribution in [3.8, 4) is 0 Å². The quantitative estimate of drug-likeness (QED) is 0.942. The van der Waals surface area contributed by atoms with E-state index >= 15 is 0 Å². The van der Waals surface area contributed by atoms with Gasteiger partial charge in [0.1, 0.15) is 0 Å². The molecule has 0 bridgehead atoms. The van der Waals surface area contributed by atoms with Gasteiger partial charge in [-0.3, -0.25) is 0 Å². The SMILES string of the molecule is CC(C)(C)c1nnnn1CC(O)c1cccc(Br)c1. The zero-order valence-corrected chi connectivity index (χ0v) is 12.8. The number of tetrazole rings is 1. The summed E-state index contributed by atoms with van der Waals surface area (Å²) in [6.45, 7) is 6.47. The van der Waals surface area contributed by atoms with Crippen LogP contribution in [0.25, 0.3) is 0 Å². The Kier molecular flexibility index (Phi) is 4.01. The highest BCUT2D eigenvalue weighted by molar-refractivity contribution is 9.10. The van der Waals surface area contributed by atoms with Crippen molar-refractivity contribution >= 4 is 15.9 Å². The number of hydrogen-bond donors (Lipinski definition) is 1. The van der Waals surface area contributed by atoms with Crippen LogP contribution < -0.4 is 0 Å². The lowest BCUT2D eigenvalue weighted by molar-refractivity contribution is 0.147. The van der Waals surface area contributed by atoms with Crippen LogP contribution in [0.1, 0.15) is 38.3 Å². The fraction of sp³-hybridized carbons (Fsp3) is 0.462. The maximum absolute atomic E-state index is 10.3. The third kappa shape index (κ3) is 3.39. The van der Waals surface area contributed by atoms with E-state index in [1.807, 2.05) is 45.0 Å². The summed E-state index contributed by atoms with van der Waals surface area (Å²) < 4.78 is 2.60. The van der Waals surface area contributed by atoms with Gasteiger partial charge in [-0.05, 0) is 28.1 Å². The Balaban J connectivity index is 2.20. The predicted octanol–water partition coefficient (Wildman–Crippen LogP) is 2.47. The van der Waals surface area contributed by atoms with Crippen LogP contribution in [0.3, 0.4) is 0 Å². The lowest BCUT2D eigenvalue weighted by atomic mass is 9.95. The molecule has 102 valence electrons. The Bertz CT molecular complexity index is 562. The van der Waals surface area contributed by atoms with Gasteiger partial charge in [-0.15, -0.1) is 5.10 Å². The first-order chi connectivity index (χ1) is 8.88. The standard InChI is InChI=1S/C13H17BrN4O/c1-13(2,3)12-15-16-17-18(12)8-11(19)9-5-4-6-10(14)7-9/h4-7,11,19H,8H2,1-3H3. The molecule has 5 nitrogen and oxygen atoms in total. The van der Waals surface area contributed by atoms with Crippen LogP contribution in [0.2, 0.25) is 0 Å². The lowest BCUT2D eigenvalue weighted by Crippen LogP contribution is -2.22. The third-order valence-electron chi connectivity index (χ3n) is 2.78. The highest BCUT2D eigenvalue weighted by Gasteiger charge is 2.23. The molecule has 1 heterocycles. The summed E-state index contributed by atoms with van der Waals surface area (Å²) in [7, 11) is 0. The van der Waals surface area contributed by atoms with Gasteiger partial charge in [0.15, 0.2) is 5.82 Å². The zero-order valence-electron chi connectivity index (χ0n) is 11.2. The summed E-state index contributed by atoms with van der Waals surface area (Å²) in [5.41, 5.74) is 0.685. The fourth-order valence-corrected chi connectivity index (χ4v) is 2.26. The summed E-state index contributed by atoms with van der Waals surface area (Å²) in [4.78, 5) is 0. The van der Waals surface area contributed by atoms with Crippen molar-refractivity contribution < 1.29 is 5.11 Å². The van der Waals surface area contributed by atoms with E-state index in [0.29, 0.717) is 6.54 Å². The van der Waals surface area contributed by atoms with Crippen molar-refractivity contribution in [2.45, 2.75) is 38.8 Å². The maximum atomic E-state index is 10.3. The molecule has 0 saturated carbocycles. The third-order valence-corrected chi connectivity index (χ3v) is 3.28. The van der Waals surface area contributed by atoms with E-state index in [1.54, 1.807) is 4.68 Å². The van der Waals surface area contributed by atoms with E-state index in [0.717, 1.165) is 15.9 Å². The number of aromatic nitrogens is 4. The molecular formula is C13H17BrN4O. The van der Waals surface area contributed by atoms with Crippen LogP contribution in [0.4, 0.5) is 0 Å². The van der Waals surface area contributed by atoms with Crippen LogP contribution in [-0.4, -0.2) is 25.3 Å². The summed E-state index contributed by atoms with van der Waals surface area (Å²) in [5, 5.41) is 22.0. The van der Waals surface area contributed by atoms with Crippen LogP contribution >= 0.6 is 15.9 Å². The first kappa shape index (κ1) is 14.1. The monoisotopic (exact) mass is 324 g/mol. The zero-order chi connectivity index (χ0) is 14.0. The first-order valence-electron chi connectivity index (χ1n) is 6.08. The Hall–Kier alpha value is -1.27. The van der Waals surface area contributed by atoms with Crippen molar-refractivity contribution in [1.29, 1.82) is 0 Å². The molecule has 0 radical (unpaired) electrons. The summed E-state index contributed by atoms with van der Waals surface area (Å²) >= 11 is 3.40. The Morgan fingerprint density at radius 3 is 2.74 bits per heavy atom. The normalized spacial score (nSPS) is 13.5. The van der Waals surface area contributed by atoms with Gasteiger partial charge in [0, 0.05) is 9.89 Å². The number of halogens is 1. The van der Waals surface area contributed by atoms with Crippen molar-refractivity contribution in [2.75, 3.05) is 0 Å².